The Morgan fingerprint density at radius 3 is 2.84 bits per heavy atom. The first-order valence-corrected chi connectivity index (χ1v) is 6.48. The highest BCUT2D eigenvalue weighted by Gasteiger charge is 2.21. The van der Waals surface area contributed by atoms with Crippen molar-refractivity contribution in [1.29, 1.82) is 0 Å². The Balaban J connectivity index is 2.21. The van der Waals surface area contributed by atoms with Crippen molar-refractivity contribution in [3.63, 3.8) is 0 Å². The van der Waals surface area contributed by atoms with E-state index in [0.717, 1.165) is 16.9 Å². The zero-order valence-electron chi connectivity index (χ0n) is 11.5. The number of amides is 1. The summed E-state index contributed by atoms with van der Waals surface area (Å²) < 4.78 is 5.62. The molecule has 0 spiro atoms. The molecule has 0 saturated carbocycles. The Kier molecular flexibility index (Phi) is 4.05. The lowest BCUT2D eigenvalue weighted by Crippen LogP contribution is -2.35. The van der Waals surface area contributed by atoms with E-state index in [1.807, 2.05) is 44.2 Å². The molecule has 1 aromatic carbocycles. The molecule has 0 saturated heterocycles. The van der Waals surface area contributed by atoms with Gasteiger partial charge in [0, 0.05) is 18.7 Å². The topological polar surface area (TPSA) is 29.5 Å². The second-order valence-corrected chi connectivity index (χ2v) is 4.77. The summed E-state index contributed by atoms with van der Waals surface area (Å²) >= 11 is 0. The first-order valence-electron chi connectivity index (χ1n) is 6.48. The third-order valence-electron chi connectivity index (χ3n) is 3.04. The number of rotatable bonds is 4. The van der Waals surface area contributed by atoms with Gasteiger partial charge in [-0.3, -0.25) is 4.79 Å². The van der Waals surface area contributed by atoms with Crippen molar-refractivity contribution in [3.8, 4) is 5.75 Å². The van der Waals surface area contributed by atoms with Gasteiger partial charge in [0.15, 0.2) is 0 Å². The Morgan fingerprint density at radius 2 is 2.16 bits per heavy atom. The van der Waals surface area contributed by atoms with Crippen molar-refractivity contribution in [1.82, 2.24) is 4.90 Å². The van der Waals surface area contributed by atoms with Crippen LogP contribution in [0.1, 0.15) is 19.4 Å². The number of nitrogens with zero attached hydrogens (tertiary/aromatic N) is 1. The average molecular weight is 257 g/mol. The maximum absolute atomic E-state index is 12.4. The third kappa shape index (κ3) is 3.05. The summed E-state index contributed by atoms with van der Waals surface area (Å²) in [6.07, 6.45) is 1.92. The minimum absolute atomic E-state index is 0.0278. The van der Waals surface area contributed by atoms with Gasteiger partial charge in [-0.15, -0.1) is 0 Å². The monoisotopic (exact) mass is 257 g/mol. The molecule has 0 unspecified atom stereocenters. The molecule has 0 fully saturated rings. The zero-order valence-corrected chi connectivity index (χ0v) is 11.5. The van der Waals surface area contributed by atoms with Crippen LogP contribution in [-0.2, 0) is 4.79 Å². The standard InChI is InChI=1S/C16H19NO2/c1-4-17(10-12(2)3)16(18)14-9-13-7-5-6-8-15(13)19-11-14/h5-9H,2,4,10-11H2,1,3H3. The Morgan fingerprint density at radius 1 is 1.42 bits per heavy atom. The van der Waals surface area contributed by atoms with Crippen LogP contribution >= 0.6 is 0 Å². The molecule has 0 aromatic heterocycles. The van der Waals surface area contributed by atoms with E-state index in [4.69, 9.17) is 4.74 Å². The second-order valence-electron chi connectivity index (χ2n) is 4.77. The summed E-state index contributed by atoms with van der Waals surface area (Å²) in [7, 11) is 0. The van der Waals surface area contributed by atoms with Crippen molar-refractivity contribution in [3.05, 3.63) is 47.6 Å². The van der Waals surface area contributed by atoms with Crippen LogP contribution in [0.2, 0.25) is 0 Å². The molecule has 1 heterocycles. The van der Waals surface area contributed by atoms with E-state index in [1.54, 1.807) is 4.90 Å². The summed E-state index contributed by atoms with van der Waals surface area (Å²) in [4.78, 5) is 14.2. The van der Waals surface area contributed by atoms with Crippen molar-refractivity contribution in [2.24, 2.45) is 0 Å². The quantitative estimate of drug-likeness (QED) is 0.776. The number of likely N-dealkylation sites (N-methyl/N-ethyl adjacent to an activating group) is 1. The van der Waals surface area contributed by atoms with E-state index >= 15 is 0 Å². The number of ether oxygens (including phenoxy) is 1. The lowest BCUT2D eigenvalue weighted by molar-refractivity contribution is -0.126. The minimum atomic E-state index is 0.0278. The van der Waals surface area contributed by atoms with Gasteiger partial charge >= 0.3 is 0 Å². The average Bonchev–Trinajstić information content (AvgIpc) is 2.43. The molecule has 0 radical (unpaired) electrons. The number of carbonyl (C=O) groups excluding carboxylic acids is 1. The van der Waals surface area contributed by atoms with Gasteiger partial charge < -0.3 is 9.64 Å². The summed E-state index contributed by atoms with van der Waals surface area (Å²) in [5.74, 6) is 0.863. The maximum Gasteiger partial charge on any atom is 0.253 e. The van der Waals surface area contributed by atoms with E-state index in [9.17, 15) is 4.79 Å². The number of hydrogen-bond acceptors (Lipinski definition) is 2. The molecule has 0 bridgehead atoms. The molecule has 19 heavy (non-hydrogen) atoms. The number of hydrogen-bond donors (Lipinski definition) is 0. The second kappa shape index (κ2) is 5.74. The molecule has 1 aliphatic rings. The molecule has 3 nitrogen and oxygen atoms in total. The largest absolute Gasteiger partial charge is 0.488 e. The summed E-state index contributed by atoms with van der Waals surface area (Å²) in [6, 6.07) is 7.74. The minimum Gasteiger partial charge on any atom is -0.488 e. The third-order valence-corrected chi connectivity index (χ3v) is 3.04. The highest BCUT2D eigenvalue weighted by Crippen LogP contribution is 2.26. The molecule has 1 aliphatic heterocycles. The van der Waals surface area contributed by atoms with Gasteiger partial charge in [0.25, 0.3) is 5.91 Å². The summed E-state index contributed by atoms with van der Waals surface area (Å²) in [5, 5.41) is 0. The highest BCUT2D eigenvalue weighted by atomic mass is 16.5. The lowest BCUT2D eigenvalue weighted by Gasteiger charge is -2.24. The van der Waals surface area contributed by atoms with Gasteiger partial charge in [0.05, 0.1) is 5.57 Å². The molecular formula is C16H19NO2. The molecule has 2 rings (SSSR count). The van der Waals surface area contributed by atoms with Gasteiger partial charge in [0.2, 0.25) is 0 Å². The highest BCUT2D eigenvalue weighted by molar-refractivity contribution is 5.99. The van der Waals surface area contributed by atoms with Crippen LogP contribution in [-0.4, -0.2) is 30.5 Å². The summed E-state index contributed by atoms with van der Waals surface area (Å²) in [6.45, 7) is 9.36. The Bertz CT molecular complexity index is 531. The smallest absolute Gasteiger partial charge is 0.253 e. The van der Waals surface area contributed by atoms with E-state index < -0.39 is 0 Å². The SMILES string of the molecule is C=C(C)CN(CC)C(=O)C1=Cc2ccccc2OC1. The van der Waals surface area contributed by atoms with E-state index in [0.29, 0.717) is 25.3 Å². The van der Waals surface area contributed by atoms with Crippen LogP contribution < -0.4 is 4.74 Å². The van der Waals surface area contributed by atoms with Gasteiger partial charge in [-0.2, -0.15) is 0 Å². The fraction of sp³-hybridized carbons (Fsp3) is 0.312. The van der Waals surface area contributed by atoms with Crippen LogP contribution in [0.3, 0.4) is 0 Å². The molecule has 1 amide bonds. The first kappa shape index (κ1) is 13.4. The van der Waals surface area contributed by atoms with Crippen LogP contribution in [0.4, 0.5) is 0 Å². The molecule has 0 atom stereocenters. The van der Waals surface area contributed by atoms with Gasteiger partial charge in [-0.05, 0) is 26.0 Å². The van der Waals surface area contributed by atoms with E-state index in [2.05, 4.69) is 6.58 Å². The fourth-order valence-corrected chi connectivity index (χ4v) is 2.10. The van der Waals surface area contributed by atoms with Crippen LogP contribution in [0.15, 0.2) is 42.0 Å². The normalized spacial score (nSPS) is 13.1. The van der Waals surface area contributed by atoms with E-state index in [-0.39, 0.29) is 5.91 Å². The molecular weight excluding hydrogens is 238 g/mol. The number of fused-ring (bicyclic) bond motifs is 1. The van der Waals surface area contributed by atoms with E-state index in [1.165, 1.54) is 0 Å². The zero-order chi connectivity index (χ0) is 13.8. The molecule has 1 aromatic rings. The summed E-state index contributed by atoms with van der Waals surface area (Å²) in [5.41, 5.74) is 2.64. The number of benzene rings is 1. The Labute approximate surface area is 114 Å². The van der Waals surface area contributed by atoms with Crippen LogP contribution in [0.25, 0.3) is 6.08 Å². The molecule has 0 aliphatic carbocycles. The van der Waals surface area contributed by atoms with Crippen molar-refractivity contribution in [2.45, 2.75) is 13.8 Å². The predicted molar refractivity (Wildman–Crippen MR) is 77.0 cm³/mol. The van der Waals surface area contributed by atoms with Gasteiger partial charge in [-0.25, -0.2) is 0 Å². The predicted octanol–water partition coefficient (Wildman–Crippen LogP) is 2.89. The molecule has 100 valence electrons. The van der Waals surface area contributed by atoms with Gasteiger partial charge in [0.1, 0.15) is 12.4 Å². The van der Waals surface area contributed by atoms with Crippen LogP contribution in [0.5, 0.6) is 5.75 Å². The Hall–Kier alpha value is -2.03. The lowest BCUT2D eigenvalue weighted by atomic mass is 10.1. The number of carbonyl (C=O) groups is 1. The molecule has 0 N–H and O–H groups in total. The fourth-order valence-electron chi connectivity index (χ4n) is 2.10. The van der Waals surface area contributed by atoms with Crippen molar-refractivity contribution >= 4 is 12.0 Å². The number of para-hydroxylation sites is 1. The van der Waals surface area contributed by atoms with Gasteiger partial charge in [-0.1, -0.05) is 30.4 Å². The first-order chi connectivity index (χ1) is 9.11. The van der Waals surface area contributed by atoms with Crippen LogP contribution in [0, 0.1) is 0 Å². The van der Waals surface area contributed by atoms with Crippen molar-refractivity contribution < 1.29 is 9.53 Å². The molecule has 3 heteroatoms. The van der Waals surface area contributed by atoms with Crippen molar-refractivity contribution in [2.75, 3.05) is 19.7 Å². The maximum atomic E-state index is 12.4.